The molecule has 0 N–H and O–H groups in total. The van der Waals surface area contributed by atoms with E-state index < -0.39 is 18.3 Å². The second-order valence-electron chi connectivity index (χ2n) is 14.7. The second-order valence-corrected chi connectivity index (χ2v) is 14.7. The Hall–Kier alpha value is -6.09. The van der Waals surface area contributed by atoms with E-state index in [0.717, 1.165) is 60.8 Å². The minimum atomic E-state index is -0.491. The molecule has 1 saturated heterocycles. The number of nitrogens with zero attached hydrogens (tertiary/aromatic N) is 4. The van der Waals surface area contributed by atoms with Crippen LogP contribution in [-0.2, 0) is 9.31 Å². The molecule has 0 spiro atoms. The zero-order valence-electron chi connectivity index (χ0n) is 29.9. The molecule has 0 aliphatic carbocycles. The van der Waals surface area contributed by atoms with Crippen LogP contribution in [-0.4, -0.2) is 37.8 Å². The first kappa shape index (κ1) is 31.6. The lowest BCUT2D eigenvalue weighted by Gasteiger charge is -2.32. The fraction of sp³-hybridized carbons (Fsp3) is 0.133. The van der Waals surface area contributed by atoms with Crippen molar-refractivity contribution in [2.75, 3.05) is 0 Å². The highest BCUT2D eigenvalue weighted by molar-refractivity contribution is 6.62. The van der Waals surface area contributed by atoms with E-state index in [1.54, 1.807) is 0 Å². The normalized spacial score (nSPS) is 15.3. The van der Waals surface area contributed by atoms with Gasteiger partial charge in [-0.3, -0.25) is 0 Å². The summed E-state index contributed by atoms with van der Waals surface area (Å²) in [4.78, 5) is 15.4. The maximum absolute atomic E-state index is 6.50. The number of aromatic nitrogens is 4. The molecule has 0 amide bonds. The fourth-order valence-electron chi connectivity index (χ4n) is 7.46. The van der Waals surface area contributed by atoms with Gasteiger partial charge in [-0.15, -0.1) is 0 Å². The molecule has 1 aliphatic heterocycles. The molecule has 8 heteroatoms. The molecule has 0 radical (unpaired) electrons. The predicted octanol–water partition coefficient (Wildman–Crippen LogP) is 10.2. The number of fused-ring (bicyclic) bond motifs is 6. The Morgan fingerprint density at radius 2 is 1.15 bits per heavy atom. The summed E-state index contributed by atoms with van der Waals surface area (Å²) in [7, 11) is -0.491. The highest BCUT2D eigenvalue weighted by atomic mass is 16.7. The second kappa shape index (κ2) is 11.7. The van der Waals surface area contributed by atoms with Gasteiger partial charge in [-0.25, -0.2) is 15.0 Å². The van der Waals surface area contributed by atoms with Gasteiger partial charge in [-0.2, -0.15) is 0 Å². The van der Waals surface area contributed by atoms with Gasteiger partial charge < -0.3 is 18.3 Å². The van der Waals surface area contributed by atoms with Crippen molar-refractivity contribution in [1.82, 2.24) is 19.5 Å². The summed E-state index contributed by atoms with van der Waals surface area (Å²) >= 11 is 0. The van der Waals surface area contributed by atoms with Crippen molar-refractivity contribution in [1.29, 1.82) is 0 Å². The third-order valence-corrected chi connectivity index (χ3v) is 10.9. The summed E-state index contributed by atoms with van der Waals surface area (Å²) < 4.78 is 21.5. The summed E-state index contributed by atoms with van der Waals surface area (Å²) in [6.07, 6.45) is 0. The van der Waals surface area contributed by atoms with Gasteiger partial charge in [0.2, 0.25) is 0 Å². The lowest BCUT2D eigenvalue weighted by atomic mass is 9.79. The number of benzene rings is 6. The average molecular weight is 691 g/mol. The van der Waals surface area contributed by atoms with E-state index in [1.165, 1.54) is 10.8 Å². The zero-order chi connectivity index (χ0) is 35.9. The molecule has 53 heavy (non-hydrogen) atoms. The Labute approximate surface area is 307 Å². The Bertz CT molecular complexity index is 2850. The van der Waals surface area contributed by atoms with E-state index in [0.29, 0.717) is 17.5 Å². The van der Waals surface area contributed by atoms with Crippen molar-refractivity contribution in [3.8, 4) is 39.9 Å². The largest absolute Gasteiger partial charge is 0.494 e. The van der Waals surface area contributed by atoms with Crippen LogP contribution in [0.1, 0.15) is 27.7 Å². The molecule has 0 unspecified atom stereocenters. The first-order valence-electron chi connectivity index (χ1n) is 18.0. The molecule has 0 bridgehead atoms. The van der Waals surface area contributed by atoms with Gasteiger partial charge in [0.25, 0.3) is 0 Å². The highest BCUT2D eigenvalue weighted by Crippen LogP contribution is 2.40. The van der Waals surface area contributed by atoms with Gasteiger partial charge in [0.1, 0.15) is 11.2 Å². The summed E-state index contributed by atoms with van der Waals surface area (Å²) in [6.45, 7) is 8.25. The van der Waals surface area contributed by atoms with E-state index in [2.05, 4.69) is 117 Å². The van der Waals surface area contributed by atoms with Crippen LogP contribution in [0.4, 0.5) is 0 Å². The van der Waals surface area contributed by atoms with Gasteiger partial charge in [-0.1, -0.05) is 103 Å². The molecular formula is C45H35BN4O3. The smallest absolute Gasteiger partial charge is 0.456 e. The van der Waals surface area contributed by atoms with Crippen molar-refractivity contribution in [3.63, 3.8) is 0 Å². The van der Waals surface area contributed by atoms with E-state index in [1.807, 2.05) is 54.6 Å². The highest BCUT2D eigenvalue weighted by Gasteiger charge is 2.51. The van der Waals surface area contributed by atoms with Gasteiger partial charge in [0.15, 0.2) is 17.5 Å². The quantitative estimate of drug-likeness (QED) is 0.167. The van der Waals surface area contributed by atoms with Crippen LogP contribution in [0.15, 0.2) is 144 Å². The van der Waals surface area contributed by atoms with Gasteiger partial charge in [0, 0.05) is 43.9 Å². The number of furan rings is 1. The Morgan fingerprint density at radius 3 is 1.92 bits per heavy atom. The van der Waals surface area contributed by atoms with Gasteiger partial charge in [-0.05, 0) is 69.6 Å². The van der Waals surface area contributed by atoms with Crippen LogP contribution < -0.4 is 5.46 Å². The molecular weight excluding hydrogens is 655 g/mol. The van der Waals surface area contributed by atoms with E-state index in [-0.39, 0.29) is 0 Å². The fourth-order valence-corrected chi connectivity index (χ4v) is 7.46. The van der Waals surface area contributed by atoms with Crippen LogP contribution in [0, 0.1) is 0 Å². The summed E-state index contributed by atoms with van der Waals surface area (Å²) in [5.41, 5.74) is 7.52. The molecule has 256 valence electrons. The first-order chi connectivity index (χ1) is 25.7. The topological polar surface area (TPSA) is 75.2 Å². The minimum Gasteiger partial charge on any atom is -0.456 e. The predicted molar refractivity (Wildman–Crippen MR) is 213 cm³/mol. The lowest BCUT2D eigenvalue weighted by Crippen LogP contribution is -2.41. The standard InChI is InChI=1S/C45H35BN4O3/c1-44(2)45(3,4)53-46(52-44)30-23-25-34-39(27-30)51-38-21-13-19-35(40(34)38)43-48-41(28-14-7-5-8-15-28)47-42(49-43)29-22-24-33-32-18-11-12-20-36(32)50(37(33)26-29)31-16-9-6-10-17-31/h5-27H,1-4H3. The Kier molecular flexibility index (Phi) is 6.99. The molecule has 4 heterocycles. The molecule has 1 fully saturated rings. The van der Waals surface area contributed by atoms with Crippen LogP contribution in [0.2, 0.25) is 0 Å². The maximum atomic E-state index is 6.50. The van der Waals surface area contributed by atoms with Crippen LogP contribution >= 0.6 is 0 Å². The maximum Gasteiger partial charge on any atom is 0.494 e. The zero-order valence-corrected chi connectivity index (χ0v) is 29.9. The summed E-state index contributed by atoms with van der Waals surface area (Å²) in [5.74, 6) is 1.76. The van der Waals surface area contributed by atoms with E-state index in [4.69, 9.17) is 28.7 Å². The van der Waals surface area contributed by atoms with Crippen molar-refractivity contribution >= 4 is 56.3 Å². The summed E-state index contributed by atoms with van der Waals surface area (Å²) in [6, 6.07) is 47.8. The van der Waals surface area contributed by atoms with E-state index >= 15 is 0 Å². The van der Waals surface area contributed by atoms with Gasteiger partial charge in [0.05, 0.1) is 22.2 Å². The Balaban J connectivity index is 1.15. The molecule has 3 aromatic heterocycles. The molecule has 0 atom stereocenters. The third kappa shape index (κ3) is 5.09. The van der Waals surface area contributed by atoms with E-state index in [9.17, 15) is 0 Å². The SMILES string of the molecule is CC1(C)OB(c2ccc3c(c2)oc2cccc(-c4nc(-c5ccccc5)nc(-c5ccc6c7ccccc7n(-c7ccccc7)c6c5)n4)c23)OC1(C)C. The van der Waals surface area contributed by atoms with Crippen LogP contribution in [0.5, 0.6) is 0 Å². The first-order valence-corrected chi connectivity index (χ1v) is 18.0. The Morgan fingerprint density at radius 1 is 0.509 bits per heavy atom. The number of hydrogen-bond donors (Lipinski definition) is 0. The number of hydrogen-bond acceptors (Lipinski definition) is 6. The molecule has 7 nitrogen and oxygen atoms in total. The molecule has 6 aromatic carbocycles. The molecule has 0 saturated carbocycles. The van der Waals surface area contributed by atoms with Crippen LogP contribution in [0.25, 0.3) is 83.6 Å². The average Bonchev–Trinajstić information content (AvgIpc) is 3.80. The van der Waals surface area contributed by atoms with Crippen molar-refractivity contribution in [2.24, 2.45) is 0 Å². The number of rotatable bonds is 5. The monoisotopic (exact) mass is 690 g/mol. The van der Waals surface area contributed by atoms with Crippen LogP contribution in [0.3, 0.4) is 0 Å². The molecule has 1 aliphatic rings. The van der Waals surface area contributed by atoms with Crippen molar-refractivity contribution in [2.45, 2.75) is 38.9 Å². The minimum absolute atomic E-state index is 0.441. The summed E-state index contributed by atoms with van der Waals surface area (Å²) in [5, 5.41) is 4.27. The number of para-hydroxylation sites is 2. The molecule has 9 aromatic rings. The van der Waals surface area contributed by atoms with Crippen molar-refractivity contribution < 1.29 is 13.7 Å². The lowest BCUT2D eigenvalue weighted by molar-refractivity contribution is 0.00578. The third-order valence-electron chi connectivity index (χ3n) is 10.9. The molecule has 10 rings (SSSR count). The van der Waals surface area contributed by atoms with Crippen molar-refractivity contribution in [3.05, 3.63) is 140 Å². The van der Waals surface area contributed by atoms with Gasteiger partial charge >= 0.3 is 7.12 Å².